The Morgan fingerprint density at radius 1 is 1.21 bits per heavy atom. The number of amides is 2. The van der Waals surface area contributed by atoms with Crippen LogP contribution in [0.2, 0.25) is 0 Å². The van der Waals surface area contributed by atoms with Crippen LogP contribution in [0.1, 0.15) is 18.4 Å². The SMILES string of the molecule is O=C(CCC1Cc2ccccc2NC1=O)Nc1ccc(F)cc1F. The highest BCUT2D eigenvalue weighted by Crippen LogP contribution is 2.27. The van der Waals surface area contributed by atoms with Gasteiger partial charge in [0.05, 0.1) is 5.69 Å². The van der Waals surface area contributed by atoms with Crippen molar-refractivity contribution >= 4 is 23.2 Å². The Bertz CT molecular complexity index is 792. The summed E-state index contributed by atoms with van der Waals surface area (Å²) in [6, 6.07) is 10.5. The van der Waals surface area contributed by atoms with Crippen molar-refractivity contribution in [3.8, 4) is 0 Å². The lowest BCUT2D eigenvalue weighted by molar-refractivity contribution is -0.121. The van der Waals surface area contributed by atoms with Crippen molar-refractivity contribution in [2.24, 2.45) is 5.92 Å². The minimum Gasteiger partial charge on any atom is -0.326 e. The highest BCUT2D eigenvalue weighted by atomic mass is 19.1. The van der Waals surface area contributed by atoms with Crippen molar-refractivity contribution in [2.45, 2.75) is 19.3 Å². The molecule has 2 aromatic rings. The number of hydrogen-bond donors (Lipinski definition) is 2. The zero-order chi connectivity index (χ0) is 17.1. The van der Waals surface area contributed by atoms with E-state index >= 15 is 0 Å². The molecular weight excluding hydrogens is 314 g/mol. The van der Waals surface area contributed by atoms with E-state index in [4.69, 9.17) is 0 Å². The molecule has 0 saturated carbocycles. The first kappa shape index (κ1) is 16.1. The number of carbonyl (C=O) groups excluding carboxylic acids is 2. The molecule has 0 saturated heterocycles. The number of nitrogens with one attached hydrogen (secondary N) is 2. The van der Waals surface area contributed by atoms with Crippen LogP contribution in [-0.4, -0.2) is 11.8 Å². The Balaban J connectivity index is 1.57. The number of fused-ring (bicyclic) bond motifs is 1. The Morgan fingerprint density at radius 2 is 2.00 bits per heavy atom. The summed E-state index contributed by atoms with van der Waals surface area (Å²) >= 11 is 0. The quantitative estimate of drug-likeness (QED) is 0.901. The molecule has 0 fully saturated rings. The van der Waals surface area contributed by atoms with E-state index in [-0.39, 0.29) is 23.9 Å². The van der Waals surface area contributed by atoms with Crippen LogP contribution in [0, 0.1) is 17.6 Å². The summed E-state index contributed by atoms with van der Waals surface area (Å²) in [4.78, 5) is 24.0. The van der Waals surface area contributed by atoms with Crippen LogP contribution in [0.3, 0.4) is 0 Å². The van der Waals surface area contributed by atoms with Crippen molar-refractivity contribution in [3.05, 3.63) is 59.7 Å². The van der Waals surface area contributed by atoms with Crippen LogP contribution >= 0.6 is 0 Å². The van der Waals surface area contributed by atoms with E-state index in [1.165, 1.54) is 6.07 Å². The minimum atomic E-state index is -0.826. The van der Waals surface area contributed by atoms with Gasteiger partial charge >= 0.3 is 0 Å². The molecule has 0 spiro atoms. The number of hydrogen-bond acceptors (Lipinski definition) is 2. The van der Waals surface area contributed by atoms with E-state index < -0.39 is 17.5 Å². The number of anilines is 2. The molecule has 1 heterocycles. The smallest absolute Gasteiger partial charge is 0.227 e. The van der Waals surface area contributed by atoms with Gasteiger partial charge in [-0.1, -0.05) is 18.2 Å². The second-order valence-corrected chi connectivity index (χ2v) is 5.76. The first-order chi connectivity index (χ1) is 11.5. The Hall–Kier alpha value is -2.76. The number of carbonyl (C=O) groups is 2. The predicted octanol–water partition coefficient (Wildman–Crippen LogP) is 3.49. The monoisotopic (exact) mass is 330 g/mol. The molecule has 1 unspecified atom stereocenters. The first-order valence-electron chi connectivity index (χ1n) is 7.66. The number of rotatable bonds is 4. The maximum absolute atomic E-state index is 13.5. The topological polar surface area (TPSA) is 58.2 Å². The molecular formula is C18H16F2N2O2. The van der Waals surface area contributed by atoms with E-state index in [0.717, 1.165) is 17.3 Å². The van der Waals surface area contributed by atoms with Crippen LogP contribution in [0.5, 0.6) is 0 Å². The van der Waals surface area contributed by atoms with Crippen LogP contribution in [0.4, 0.5) is 20.2 Å². The van der Waals surface area contributed by atoms with E-state index in [9.17, 15) is 18.4 Å². The fourth-order valence-electron chi connectivity index (χ4n) is 2.76. The fourth-order valence-corrected chi connectivity index (χ4v) is 2.76. The Labute approximate surface area is 137 Å². The Morgan fingerprint density at radius 3 is 2.79 bits per heavy atom. The van der Waals surface area contributed by atoms with E-state index in [1.54, 1.807) is 0 Å². The lowest BCUT2D eigenvalue weighted by atomic mass is 9.89. The second kappa shape index (κ2) is 6.78. The van der Waals surface area contributed by atoms with Gasteiger partial charge in [0.1, 0.15) is 11.6 Å². The lowest BCUT2D eigenvalue weighted by Crippen LogP contribution is -2.30. The van der Waals surface area contributed by atoms with E-state index in [2.05, 4.69) is 10.6 Å². The highest BCUT2D eigenvalue weighted by Gasteiger charge is 2.26. The molecule has 2 N–H and O–H groups in total. The number of benzene rings is 2. The summed E-state index contributed by atoms with van der Waals surface area (Å²) in [6.45, 7) is 0. The standard InChI is InChI=1S/C18H16F2N2O2/c19-13-6-7-16(14(20)10-13)21-17(23)8-5-12-9-11-3-1-2-4-15(11)22-18(12)24/h1-4,6-7,10,12H,5,8-9H2,(H,21,23)(H,22,24). The summed E-state index contributed by atoms with van der Waals surface area (Å²) < 4.78 is 26.4. The molecule has 0 radical (unpaired) electrons. The van der Waals surface area contributed by atoms with Gasteiger partial charge in [0.15, 0.2) is 0 Å². The third-order valence-electron chi connectivity index (χ3n) is 4.04. The zero-order valence-corrected chi connectivity index (χ0v) is 12.8. The molecule has 1 aliphatic rings. The summed E-state index contributed by atoms with van der Waals surface area (Å²) in [7, 11) is 0. The highest BCUT2D eigenvalue weighted by molar-refractivity contribution is 5.96. The molecule has 4 nitrogen and oxygen atoms in total. The van der Waals surface area contributed by atoms with Gasteiger partial charge in [0, 0.05) is 24.1 Å². The van der Waals surface area contributed by atoms with Crippen LogP contribution < -0.4 is 10.6 Å². The summed E-state index contributed by atoms with van der Waals surface area (Å²) in [5, 5.41) is 5.23. The van der Waals surface area contributed by atoms with Crippen molar-refractivity contribution in [2.75, 3.05) is 10.6 Å². The van der Waals surface area contributed by atoms with Crippen molar-refractivity contribution in [3.63, 3.8) is 0 Å². The maximum Gasteiger partial charge on any atom is 0.227 e. The molecule has 24 heavy (non-hydrogen) atoms. The average Bonchev–Trinajstić information content (AvgIpc) is 2.55. The van der Waals surface area contributed by atoms with Gasteiger partial charge in [-0.3, -0.25) is 9.59 Å². The molecule has 2 aromatic carbocycles. The normalized spacial score (nSPS) is 16.2. The number of para-hydroxylation sites is 1. The summed E-state index contributed by atoms with van der Waals surface area (Å²) in [5.74, 6) is -2.36. The molecule has 0 bridgehead atoms. The van der Waals surface area contributed by atoms with Gasteiger partial charge in [0.25, 0.3) is 0 Å². The second-order valence-electron chi connectivity index (χ2n) is 5.76. The van der Waals surface area contributed by atoms with E-state index in [1.807, 2.05) is 24.3 Å². The predicted molar refractivity (Wildman–Crippen MR) is 86.5 cm³/mol. The molecule has 0 aliphatic carbocycles. The third-order valence-corrected chi connectivity index (χ3v) is 4.04. The average molecular weight is 330 g/mol. The van der Waals surface area contributed by atoms with Gasteiger partial charge in [-0.2, -0.15) is 0 Å². The van der Waals surface area contributed by atoms with Gasteiger partial charge in [-0.15, -0.1) is 0 Å². The molecule has 124 valence electrons. The minimum absolute atomic E-state index is 0.0696. The van der Waals surface area contributed by atoms with Gasteiger partial charge in [-0.05, 0) is 36.6 Å². The number of halogens is 2. The fraction of sp³-hybridized carbons (Fsp3) is 0.222. The molecule has 0 aromatic heterocycles. The van der Waals surface area contributed by atoms with Crippen LogP contribution in [0.25, 0.3) is 0 Å². The van der Waals surface area contributed by atoms with Crippen molar-refractivity contribution < 1.29 is 18.4 Å². The van der Waals surface area contributed by atoms with Gasteiger partial charge < -0.3 is 10.6 Å². The zero-order valence-electron chi connectivity index (χ0n) is 12.8. The van der Waals surface area contributed by atoms with Crippen LogP contribution in [0.15, 0.2) is 42.5 Å². The third kappa shape index (κ3) is 3.59. The molecule has 1 aliphatic heterocycles. The maximum atomic E-state index is 13.5. The molecule has 6 heteroatoms. The Kier molecular flexibility index (Phi) is 4.55. The molecule has 1 atom stereocenters. The van der Waals surface area contributed by atoms with Gasteiger partial charge in [0.2, 0.25) is 11.8 Å². The van der Waals surface area contributed by atoms with Crippen molar-refractivity contribution in [1.29, 1.82) is 0 Å². The largest absolute Gasteiger partial charge is 0.326 e. The summed E-state index contributed by atoms with van der Waals surface area (Å²) in [6.07, 6.45) is 1.01. The lowest BCUT2D eigenvalue weighted by Gasteiger charge is -2.24. The summed E-state index contributed by atoms with van der Waals surface area (Å²) in [5.41, 5.74) is 1.77. The van der Waals surface area contributed by atoms with Crippen LogP contribution in [-0.2, 0) is 16.0 Å². The molecule has 3 rings (SSSR count). The molecule has 2 amide bonds. The van der Waals surface area contributed by atoms with Gasteiger partial charge in [-0.25, -0.2) is 8.78 Å². The van der Waals surface area contributed by atoms with E-state index in [0.29, 0.717) is 18.9 Å². The van der Waals surface area contributed by atoms with Crippen molar-refractivity contribution in [1.82, 2.24) is 0 Å². The first-order valence-corrected chi connectivity index (χ1v) is 7.66.